The van der Waals surface area contributed by atoms with Gasteiger partial charge in [-0.25, -0.2) is 0 Å². The SMILES string of the molecule is CCCCC(CC)C(=O)NC1CCCCCCCCC1. The minimum Gasteiger partial charge on any atom is -0.353 e. The first kappa shape index (κ1) is 17.5. The Morgan fingerprint density at radius 2 is 1.55 bits per heavy atom. The Bertz CT molecular complexity index is 242. The van der Waals surface area contributed by atoms with Gasteiger partial charge in [0.15, 0.2) is 0 Å². The summed E-state index contributed by atoms with van der Waals surface area (Å²) in [6.45, 7) is 4.35. The van der Waals surface area contributed by atoms with Crippen LogP contribution in [-0.4, -0.2) is 11.9 Å². The Labute approximate surface area is 126 Å². The minimum atomic E-state index is 0.241. The van der Waals surface area contributed by atoms with E-state index in [0.717, 1.165) is 12.8 Å². The molecule has 0 heterocycles. The van der Waals surface area contributed by atoms with Crippen molar-refractivity contribution < 1.29 is 4.79 Å². The van der Waals surface area contributed by atoms with Crippen LogP contribution in [0.5, 0.6) is 0 Å². The molecule has 1 saturated carbocycles. The first-order valence-electron chi connectivity index (χ1n) is 9.08. The van der Waals surface area contributed by atoms with E-state index in [4.69, 9.17) is 0 Å². The van der Waals surface area contributed by atoms with Crippen LogP contribution in [0.3, 0.4) is 0 Å². The lowest BCUT2D eigenvalue weighted by atomic mass is 9.95. The number of unbranched alkanes of at least 4 members (excludes halogenated alkanes) is 1. The molecular formula is C18H35NO. The fourth-order valence-electron chi connectivity index (χ4n) is 3.24. The summed E-state index contributed by atoms with van der Waals surface area (Å²) >= 11 is 0. The molecule has 1 aliphatic rings. The van der Waals surface area contributed by atoms with Gasteiger partial charge in [0.2, 0.25) is 5.91 Å². The maximum absolute atomic E-state index is 12.4. The molecule has 1 unspecified atom stereocenters. The van der Waals surface area contributed by atoms with Gasteiger partial charge in [-0.3, -0.25) is 4.79 Å². The Hall–Kier alpha value is -0.530. The van der Waals surface area contributed by atoms with Crippen LogP contribution in [0.2, 0.25) is 0 Å². The lowest BCUT2D eigenvalue weighted by Crippen LogP contribution is -2.39. The fourth-order valence-corrected chi connectivity index (χ4v) is 3.24. The first-order valence-corrected chi connectivity index (χ1v) is 9.08. The van der Waals surface area contributed by atoms with Crippen molar-refractivity contribution in [2.24, 2.45) is 5.92 Å². The molecule has 20 heavy (non-hydrogen) atoms. The summed E-state index contributed by atoms with van der Waals surface area (Å²) in [5.74, 6) is 0.563. The summed E-state index contributed by atoms with van der Waals surface area (Å²) in [5, 5.41) is 3.36. The van der Waals surface area contributed by atoms with E-state index in [1.54, 1.807) is 0 Å². The van der Waals surface area contributed by atoms with E-state index in [2.05, 4.69) is 19.2 Å². The van der Waals surface area contributed by atoms with Crippen LogP contribution in [-0.2, 0) is 4.79 Å². The number of carbonyl (C=O) groups is 1. The van der Waals surface area contributed by atoms with Crippen molar-refractivity contribution in [2.75, 3.05) is 0 Å². The highest BCUT2D eigenvalue weighted by Crippen LogP contribution is 2.18. The number of hydrogen-bond donors (Lipinski definition) is 1. The van der Waals surface area contributed by atoms with E-state index < -0.39 is 0 Å². The van der Waals surface area contributed by atoms with Gasteiger partial charge in [0.25, 0.3) is 0 Å². The molecule has 118 valence electrons. The first-order chi connectivity index (χ1) is 9.77. The number of carbonyl (C=O) groups excluding carboxylic acids is 1. The van der Waals surface area contributed by atoms with Gasteiger partial charge in [0.05, 0.1) is 0 Å². The molecule has 0 radical (unpaired) electrons. The molecule has 1 amide bonds. The zero-order valence-electron chi connectivity index (χ0n) is 13.8. The minimum absolute atomic E-state index is 0.241. The van der Waals surface area contributed by atoms with Crippen LogP contribution >= 0.6 is 0 Å². The largest absolute Gasteiger partial charge is 0.353 e. The number of hydrogen-bond acceptors (Lipinski definition) is 1. The van der Waals surface area contributed by atoms with E-state index in [0.29, 0.717) is 11.9 Å². The number of nitrogens with one attached hydrogen (secondary N) is 1. The Morgan fingerprint density at radius 1 is 1.00 bits per heavy atom. The van der Waals surface area contributed by atoms with Gasteiger partial charge >= 0.3 is 0 Å². The van der Waals surface area contributed by atoms with Crippen LogP contribution in [0, 0.1) is 5.92 Å². The molecule has 0 aliphatic heterocycles. The van der Waals surface area contributed by atoms with Crippen molar-refractivity contribution in [3.8, 4) is 0 Å². The van der Waals surface area contributed by atoms with Crippen LogP contribution in [0.25, 0.3) is 0 Å². The van der Waals surface area contributed by atoms with E-state index >= 15 is 0 Å². The highest BCUT2D eigenvalue weighted by atomic mass is 16.1. The van der Waals surface area contributed by atoms with E-state index in [1.165, 1.54) is 70.6 Å². The highest BCUT2D eigenvalue weighted by Gasteiger charge is 2.19. The van der Waals surface area contributed by atoms with Crippen LogP contribution in [0.4, 0.5) is 0 Å². The third-order valence-electron chi connectivity index (χ3n) is 4.72. The standard InChI is InChI=1S/C18H35NO/c1-3-5-13-16(4-2)18(20)19-17-14-11-9-7-6-8-10-12-15-17/h16-17H,3-15H2,1-2H3,(H,19,20). The maximum Gasteiger partial charge on any atom is 0.223 e. The average Bonchev–Trinajstić information content (AvgIpc) is 2.46. The molecule has 0 aromatic rings. The van der Waals surface area contributed by atoms with Gasteiger partial charge in [-0.05, 0) is 25.7 Å². The molecule has 1 aliphatic carbocycles. The van der Waals surface area contributed by atoms with Crippen molar-refractivity contribution >= 4 is 5.91 Å². The highest BCUT2D eigenvalue weighted by molar-refractivity contribution is 5.78. The number of amides is 1. The van der Waals surface area contributed by atoms with Gasteiger partial charge < -0.3 is 5.32 Å². The lowest BCUT2D eigenvalue weighted by molar-refractivity contribution is -0.126. The normalized spacial score (nSPS) is 20.3. The Kier molecular flexibility index (Phi) is 9.78. The van der Waals surface area contributed by atoms with Gasteiger partial charge in [-0.15, -0.1) is 0 Å². The monoisotopic (exact) mass is 281 g/mol. The van der Waals surface area contributed by atoms with Gasteiger partial charge in [-0.2, -0.15) is 0 Å². The summed E-state index contributed by atoms with van der Waals surface area (Å²) in [7, 11) is 0. The summed E-state index contributed by atoms with van der Waals surface area (Å²) in [4.78, 5) is 12.4. The van der Waals surface area contributed by atoms with Crippen LogP contribution < -0.4 is 5.32 Å². The molecule has 2 heteroatoms. The summed E-state index contributed by atoms with van der Waals surface area (Å²) in [5.41, 5.74) is 0. The molecule has 0 spiro atoms. The molecule has 2 nitrogen and oxygen atoms in total. The molecule has 1 atom stereocenters. The third-order valence-corrected chi connectivity index (χ3v) is 4.72. The molecule has 1 rings (SSSR count). The molecular weight excluding hydrogens is 246 g/mol. The summed E-state index contributed by atoms with van der Waals surface area (Å²) in [6, 6.07) is 0.441. The van der Waals surface area contributed by atoms with Crippen LogP contribution in [0.1, 0.15) is 97.3 Å². The third kappa shape index (κ3) is 7.31. The summed E-state index contributed by atoms with van der Waals surface area (Å²) in [6.07, 6.45) is 16.2. The topological polar surface area (TPSA) is 29.1 Å². The van der Waals surface area contributed by atoms with Crippen molar-refractivity contribution in [1.29, 1.82) is 0 Å². The predicted molar refractivity (Wildman–Crippen MR) is 86.8 cm³/mol. The molecule has 0 bridgehead atoms. The zero-order valence-corrected chi connectivity index (χ0v) is 13.8. The predicted octanol–water partition coefficient (Wildman–Crippen LogP) is 5.21. The van der Waals surface area contributed by atoms with E-state index in [9.17, 15) is 4.79 Å². The van der Waals surface area contributed by atoms with Gasteiger partial charge in [0.1, 0.15) is 0 Å². The second-order valence-corrected chi connectivity index (χ2v) is 6.51. The fraction of sp³-hybridized carbons (Fsp3) is 0.944. The summed E-state index contributed by atoms with van der Waals surface area (Å²) < 4.78 is 0. The smallest absolute Gasteiger partial charge is 0.223 e. The quantitative estimate of drug-likeness (QED) is 0.711. The van der Waals surface area contributed by atoms with Crippen molar-refractivity contribution in [2.45, 2.75) is 103 Å². The second-order valence-electron chi connectivity index (χ2n) is 6.51. The van der Waals surface area contributed by atoms with Gasteiger partial charge in [-0.1, -0.05) is 71.6 Å². The van der Waals surface area contributed by atoms with Crippen molar-refractivity contribution in [3.63, 3.8) is 0 Å². The van der Waals surface area contributed by atoms with Crippen molar-refractivity contribution in [1.82, 2.24) is 5.32 Å². The number of rotatable bonds is 6. The molecule has 0 aromatic carbocycles. The Balaban J connectivity index is 2.38. The van der Waals surface area contributed by atoms with Gasteiger partial charge in [0, 0.05) is 12.0 Å². The molecule has 1 N–H and O–H groups in total. The molecule has 0 saturated heterocycles. The van der Waals surface area contributed by atoms with E-state index in [-0.39, 0.29) is 5.92 Å². The van der Waals surface area contributed by atoms with Crippen molar-refractivity contribution in [3.05, 3.63) is 0 Å². The molecule has 0 aromatic heterocycles. The Morgan fingerprint density at radius 3 is 2.05 bits per heavy atom. The second kappa shape index (κ2) is 11.2. The maximum atomic E-state index is 12.4. The lowest BCUT2D eigenvalue weighted by Gasteiger charge is -2.23. The van der Waals surface area contributed by atoms with Crippen LogP contribution in [0.15, 0.2) is 0 Å². The molecule has 1 fully saturated rings. The van der Waals surface area contributed by atoms with E-state index in [1.807, 2.05) is 0 Å². The average molecular weight is 281 g/mol. The zero-order chi connectivity index (χ0) is 14.6.